The molecular formula is C17H17IN4. The summed E-state index contributed by atoms with van der Waals surface area (Å²) >= 11 is 2.29. The van der Waals surface area contributed by atoms with Gasteiger partial charge in [0.15, 0.2) is 5.65 Å². The van der Waals surface area contributed by atoms with Crippen LogP contribution in [0, 0.1) is 10.5 Å². The van der Waals surface area contributed by atoms with Crippen molar-refractivity contribution >= 4 is 33.8 Å². The summed E-state index contributed by atoms with van der Waals surface area (Å²) in [4.78, 5) is 14.8. The molecule has 0 amide bonds. The summed E-state index contributed by atoms with van der Waals surface area (Å²) in [6.07, 6.45) is 4.92. The highest BCUT2D eigenvalue weighted by Crippen LogP contribution is 2.29. The minimum absolute atomic E-state index is 0.851. The van der Waals surface area contributed by atoms with Crippen molar-refractivity contribution in [3.63, 3.8) is 0 Å². The van der Waals surface area contributed by atoms with Gasteiger partial charge in [-0.1, -0.05) is 0 Å². The van der Waals surface area contributed by atoms with Crippen molar-refractivity contribution in [1.29, 1.82) is 0 Å². The maximum Gasteiger partial charge on any atom is 0.157 e. The molecule has 2 aromatic heterocycles. The van der Waals surface area contributed by atoms with Crippen LogP contribution in [0.1, 0.15) is 16.7 Å². The van der Waals surface area contributed by atoms with Gasteiger partial charge in [0.1, 0.15) is 5.52 Å². The van der Waals surface area contributed by atoms with E-state index < -0.39 is 0 Å². The van der Waals surface area contributed by atoms with E-state index in [9.17, 15) is 0 Å². The lowest BCUT2D eigenvalue weighted by Crippen LogP contribution is -2.27. The molecule has 0 fully saturated rings. The minimum Gasteiger partial charge on any atom is -0.344 e. The summed E-state index contributed by atoms with van der Waals surface area (Å²) in [6, 6.07) is 4.54. The number of aryl methyl sites for hydroxylation is 1. The van der Waals surface area contributed by atoms with Crippen LogP contribution in [0.3, 0.4) is 0 Å². The number of fused-ring (bicyclic) bond motifs is 2. The molecule has 1 aromatic carbocycles. The van der Waals surface area contributed by atoms with Crippen molar-refractivity contribution in [2.75, 3.05) is 13.6 Å². The zero-order valence-corrected chi connectivity index (χ0v) is 14.8. The number of aromatic amines is 1. The van der Waals surface area contributed by atoms with Crippen LogP contribution >= 0.6 is 22.6 Å². The van der Waals surface area contributed by atoms with Crippen molar-refractivity contribution in [1.82, 2.24) is 19.9 Å². The van der Waals surface area contributed by atoms with Crippen molar-refractivity contribution in [2.24, 2.45) is 0 Å². The molecule has 0 atom stereocenters. The molecule has 4 nitrogen and oxygen atoms in total. The lowest BCUT2D eigenvalue weighted by molar-refractivity contribution is 0.312. The number of likely N-dealkylation sites (N-methyl/N-ethyl adjacent to an activating group) is 1. The van der Waals surface area contributed by atoms with Crippen LogP contribution < -0.4 is 0 Å². The first kappa shape index (κ1) is 14.1. The Hall–Kier alpha value is -1.47. The highest BCUT2D eigenvalue weighted by molar-refractivity contribution is 14.1. The fourth-order valence-electron chi connectivity index (χ4n) is 3.15. The summed E-state index contributed by atoms with van der Waals surface area (Å²) in [5, 5.41) is 0. The van der Waals surface area contributed by atoms with Crippen LogP contribution in [-0.2, 0) is 13.0 Å². The highest BCUT2D eigenvalue weighted by Gasteiger charge is 2.17. The number of hydrogen-bond donors (Lipinski definition) is 1. The van der Waals surface area contributed by atoms with E-state index in [1.807, 2.05) is 12.4 Å². The molecule has 4 rings (SSSR count). The molecule has 0 saturated heterocycles. The van der Waals surface area contributed by atoms with E-state index in [4.69, 9.17) is 4.98 Å². The summed E-state index contributed by atoms with van der Waals surface area (Å²) in [5.74, 6) is 0. The Morgan fingerprint density at radius 3 is 3.05 bits per heavy atom. The topological polar surface area (TPSA) is 44.8 Å². The van der Waals surface area contributed by atoms with Gasteiger partial charge in [0.05, 0.1) is 15.5 Å². The number of benzene rings is 1. The van der Waals surface area contributed by atoms with Gasteiger partial charge < -0.3 is 9.88 Å². The second-order valence-corrected chi connectivity index (χ2v) is 7.17. The molecule has 0 spiro atoms. The van der Waals surface area contributed by atoms with E-state index in [1.54, 1.807) is 0 Å². The van der Waals surface area contributed by atoms with Gasteiger partial charge in [-0.3, -0.25) is 0 Å². The number of hydrogen-bond acceptors (Lipinski definition) is 3. The molecule has 3 aromatic rings. The van der Waals surface area contributed by atoms with Crippen LogP contribution in [0.5, 0.6) is 0 Å². The van der Waals surface area contributed by atoms with Crippen LogP contribution in [0.15, 0.2) is 24.5 Å². The molecule has 1 aliphatic heterocycles. The zero-order valence-electron chi connectivity index (χ0n) is 12.7. The Kier molecular flexibility index (Phi) is 3.41. The molecule has 0 bridgehead atoms. The quantitative estimate of drug-likeness (QED) is 0.632. The van der Waals surface area contributed by atoms with Crippen molar-refractivity contribution < 1.29 is 0 Å². The monoisotopic (exact) mass is 404 g/mol. The number of nitrogens with zero attached hydrogens (tertiary/aromatic N) is 3. The molecule has 0 radical (unpaired) electrons. The van der Waals surface area contributed by atoms with E-state index >= 15 is 0 Å². The molecule has 5 heteroatoms. The Morgan fingerprint density at radius 1 is 1.32 bits per heavy atom. The van der Waals surface area contributed by atoms with Crippen molar-refractivity contribution in [3.05, 3.63) is 44.8 Å². The van der Waals surface area contributed by atoms with Crippen LogP contribution in [0.2, 0.25) is 0 Å². The SMILES string of the molecule is Cc1cc(-c2cnc3[nH]cc(I)c3n2)cc2c1CN(C)CC2. The third-order valence-electron chi connectivity index (χ3n) is 4.39. The van der Waals surface area contributed by atoms with Gasteiger partial charge >= 0.3 is 0 Å². The second kappa shape index (κ2) is 5.31. The maximum atomic E-state index is 4.80. The molecule has 112 valence electrons. The standard InChI is InChI=1S/C17H17IN4/c1-10-5-12(6-11-3-4-22(2)9-13(10)11)15-8-20-17-16(21-15)14(18)7-19-17/h5-8H,3-4,9H2,1-2H3,(H,19,20). The van der Waals surface area contributed by atoms with Gasteiger partial charge in [0, 0.05) is 24.8 Å². The minimum atomic E-state index is 0.851. The predicted octanol–water partition coefficient (Wildman–Crippen LogP) is 3.53. The first-order chi connectivity index (χ1) is 10.6. The fourth-order valence-corrected chi connectivity index (χ4v) is 3.68. The van der Waals surface area contributed by atoms with Gasteiger partial charge in [-0.25, -0.2) is 9.97 Å². The number of H-pyrrole nitrogens is 1. The normalized spacial score (nSPS) is 15.2. The lowest BCUT2D eigenvalue weighted by Gasteiger charge is -2.27. The molecule has 22 heavy (non-hydrogen) atoms. The van der Waals surface area contributed by atoms with E-state index in [-0.39, 0.29) is 0 Å². The fraction of sp³-hybridized carbons (Fsp3) is 0.294. The second-order valence-electron chi connectivity index (χ2n) is 6.01. The van der Waals surface area contributed by atoms with Crippen LogP contribution in [0.4, 0.5) is 0 Å². The van der Waals surface area contributed by atoms with Gasteiger partial charge in [0.25, 0.3) is 0 Å². The van der Waals surface area contributed by atoms with Gasteiger partial charge in [0.2, 0.25) is 0 Å². The largest absolute Gasteiger partial charge is 0.344 e. The van der Waals surface area contributed by atoms with Crippen molar-refractivity contribution in [3.8, 4) is 11.3 Å². The van der Waals surface area contributed by atoms with E-state index in [0.29, 0.717) is 0 Å². The van der Waals surface area contributed by atoms with Gasteiger partial charge in [-0.15, -0.1) is 0 Å². The number of nitrogens with one attached hydrogen (secondary N) is 1. The third-order valence-corrected chi connectivity index (χ3v) is 5.21. The van der Waals surface area contributed by atoms with E-state index in [2.05, 4.69) is 63.6 Å². The first-order valence-electron chi connectivity index (χ1n) is 7.43. The van der Waals surface area contributed by atoms with E-state index in [0.717, 1.165) is 39.9 Å². The first-order valence-corrected chi connectivity index (χ1v) is 8.50. The summed E-state index contributed by atoms with van der Waals surface area (Å²) < 4.78 is 1.11. The third kappa shape index (κ3) is 2.32. The zero-order chi connectivity index (χ0) is 15.3. The Bertz CT molecular complexity index is 868. The predicted molar refractivity (Wildman–Crippen MR) is 96.8 cm³/mol. The molecule has 3 heterocycles. The summed E-state index contributed by atoms with van der Waals surface area (Å²) in [7, 11) is 2.18. The lowest BCUT2D eigenvalue weighted by atomic mass is 9.92. The van der Waals surface area contributed by atoms with E-state index in [1.165, 1.54) is 22.3 Å². The molecule has 0 saturated carbocycles. The molecule has 0 aliphatic carbocycles. The summed E-state index contributed by atoms with van der Waals surface area (Å²) in [5.41, 5.74) is 8.21. The smallest absolute Gasteiger partial charge is 0.157 e. The number of halogens is 1. The number of aromatic nitrogens is 3. The number of rotatable bonds is 1. The Balaban J connectivity index is 1.84. The van der Waals surface area contributed by atoms with Crippen LogP contribution in [0.25, 0.3) is 22.4 Å². The van der Waals surface area contributed by atoms with Gasteiger partial charge in [-0.2, -0.15) is 0 Å². The highest BCUT2D eigenvalue weighted by atomic mass is 127. The average Bonchev–Trinajstić information content (AvgIpc) is 2.89. The molecule has 0 unspecified atom stereocenters. The van der Waals surface area contributed by atoms with Gasteiger partial charge in [-0.05, 0) is 71.8 Å². The molecular weight excluding hydrogens is 387 g/mol. The average molecular weight is 404 g/mol. The maximum absolute atomic E-state index is 4.80. The Morgan fingerprint density at radius 2 is 2.18 bits per heavy atom. The van der Waals surface area contributed by atoms with Crippen molar-refractivity contribution in [2.45, 2.75) is 19.9 Å². The van der Waals surface area contributed by atoms with Crippen LogP contribution in [-0.4, -0.2) is 33.4 Å². The Labute approximate surface area is 143 Å². The molecule has 1 N–H and O–H groups in total. The molecule has 1 aliphatic rings. The summed E-state index contributed by atoms with van der Waals surface area (Å²) in [6.45, 7) is 4.37.